The van der Waals surface area contributed by atoms with Crippen molar-refractivity contribution in [2.45, 2.75) is 25.5 Å². The second-order valence-corrected chi connectivity index (χ2v) is 5.06. The third-order valence-electron chi connectivity index (χ3n) is 2.63. The molecule has 1 aliphatic heterocycles. The molecule has 1 heterocycles. The lowest BCUT2D eigenvalue weighted by Crippen LogP contribution is -2.50. The molecule has 0 spiro atoms. The van der Waals surface area contributed by atoms with Crippen molar-refractivity contribution in [2.75, 3.05) is 13.2 Å². The molecule has 3 heteroatoms. The van der Waals surface area contributed by atoms with E-state index in [1.807, 2.05) is 18.2 Å². The van der Waals surface area contributed by atoms with Crippen LogP contribution in [0.2, 0.25) is 5.02 Å². The minimum absolute atomic E-state index is 0.0784. The average molecular weight is 226 g/mol. The van der Waals surface area contributed by atoms with Crippen LogP contribution in [0.25, 0.3) is 0 Å². The Morgan fingerprint density at radius 1 is 1.47 bits per heavy atom. The van der Waals surface area contributed by atoms with Gasteiger partial charge in [0, 0.05) is 17.1 Å². The van der Waals surface area contributed by atoms with Crippen LogP contribution in [0.4, 0.5) is 0 Å². The fraction of sp³-hybridized carbons (Fsp3) is 0.500. The van der Waals surface area contributed by atoms with Gasteiger partial charge < -0.3 is 10.1 Å². The highest BCUT2D eigenvalue weighted by Gasteiger charge is 2.27. The molecule has 0 bridgehead atoms. The first-order valence-corrected chi connectivity index (χ1v) is 5.57. The minimum atomic E-state index is 0.0784. The second-order valence-electron chi connectivity index (χ2n) is 4.62. The van der Waals surface area contributed by atoms with Crippen LogP contribution in [0.5, 0.6) is 0 Å². The fourth-order valence-corrected chi connectivity index (χ4v) is 1.91. The summed E-state index contributed by atoms with van der Waals surface area (Å²) in [6, 6.07) is 7.86. The zero-order valence-electron chi connectivity index (χ0n) is 9.09. The Kier molecular flexibility index (Phi) is 3.01. The third-order valence-corrected chi connectivity index (χ3v) is 2.87. The molecule has 2 nitrogen and oxygen atoms in total. The number of hydrogen-bond acceptors (Lipinski definition) is 2. The first kappa shape index (κ1) is 10.9. The molecule has 1 N–H and O–H groups in total. The van der Waals surface area contributed by atoms with Gasteiger partial charge >= 0.3 is 0 Å². The molecule has 1 fully saturated rings. The number of hydrogen-bond donors (Lipinski definition) is 1. The number of nitrogens with one attached hydrogen (secondary N) is 1. The summed E-state index contributed by atoms with van der Waals surface area (Å²) in [7, 11) is 0. The van der Waals surface area contributed by atoms with Crippen LogP contribution in [0, 0.1) is 0 Å². The van der Waals surface area contributed by atoms with Crippen molar-refractivity contribution in [2.24, 2.45) is 0 Å². The lowest BCUT2D eigenvalue weighted by molar-refractivity contribution is -0.0228. The molecular formula is C12H16ClNO. The van der Waals surface area contributed by atoms with Crippen LogP contribution in [0.3, 0.4) is 0 Å². The van der Waals surface area contributed by atoms with Gasteiger partial charge in [-0.3, -0.25) is 0 Å². The zero-order chi connectivity index (χ0) is 10.9. The van der Waals surface area contributed by atoms with E-state index in [1.54, 1.807) is 0 Å². The van der Waals surface area contributed by atoms with Crippen molar-refractivity contribution in [1.29, 1.82) is 0 Å². The number of benzene rings is 1. The molecule has 1 atom stereocenters. The smallest absolute Gasteiger partial charge is 0.0950 e. The summed E-state index contributed by atoms with van der Waals surface area (Å²) in [5.74, 6) is 0. The molecule has 1 aromatic rings. The van der Waals surface area contributed by atoms with Crippen LogP contribution < -0.4 is 5.32 Å². The van der Waals surface area contributed by atoms with Crippen LogP contribution in [-0.2, 0) is 4.74 Å². The van der Waals surface area contributed by atoms with Crippen molar-refractivity contribution >= 4 is 11.6 Å². The van der Waals surface area contributed by atoms with Crippen molar-refractivity contribution in [1.82, 2.24) is 5.32 Å². The maximum atomic E-state index is 5.94. The molecule has 0 saturated carbocycles. The molecule has 0 amide bonds. The summed E-state index contributed by atoms with van der Waals surface area (Å²) >= 11 is 5.94. The summed E-state index contributed by atoms with van der Waals surface area (Å²) in [5, 5.41) is 4.22. The standard InChI is InChI=1S/C12H16ClNO/c1-12(2)8-15-11(7-14-12)9-4-3-5-10(13)6-9/h3-6,11,14H,7-8H2,1-2H3/t11-/m1/s1. The molecule has 0 aliphatic carbocycles. The van der Waals surface area contributed by atoms with Gasteiger partial charge in [-0.25, -0.2) is 0 Å². The predicted molar refractivity (Wildman–Crippen MR) is 62.2 cm³/mol. The monoisotopic (exact) mass is 225 g/mol. The van der Waals surface area contributed by atoms with E-state index in [-0.39, 0.29) is 11.6 Å². The van der Waals surface area contributed by atoms with E-state index >= 15 is 0 Å². The van der Waals surface area contributed by atoms with E-state index < -0.39 is 0 Å². The van der Waals surface area contributed by atoms with E-state index in [4.69, 9.17) is 16.3 Å². The molecule has 82 valence electrons. The summed E-state index contributed by atoms with van der Waals surface area (Å²) in [6.07, 6.45) is 0.122. The van der Waals surface area contributed by atoms with Gasteiger partial charge in [0.1, 0.15) is 0 Å². The Morgan fingerprint density at radius 3 is 2.87 bits per heavy atom. The zero-order valence-corrected chi connectivity index (χ0v) is 9.84. The molecule has 0 radical (unpaired) electrons. The number of morpholine rings is 1. The second kappa shape index (κ2) is 4.12. The summed E-state index contributed by atoms with van der Waals surface area (Å²) in [6.45, 7) is 5.85. The van der Waals surface area contributed by atoms with Crippen LogP contribution in [-0.4, -0.2) is 18.7 Å². The van der Waals surface area contributed by atoms with E-state index in [0.29, 0.717) is 0 Å². The average Bonchev–Trinajstić information content (AvgIpc) is 2.17. The molecule has 0 aromatic heterocycles. The van der Waals surface area contributed by atoms with Crippen LogP contribution >= 0.6 is 11.6 Å². The number of halogens is 1. The number of rotatable bonds is 1. The van der Waals surface area contributed by atoms with Gasteiger partial charge in [0.2, 0.25) is 0 Å². The third kappa shape index (κ3) is 2.71. The fourth-order valence-electron chi connectivity index (χ4n) is 1.71. The van der Waals surface area contributed by atoms with Crippen LogP contribution in [0.15, 0.2) is 24.3 Å². The first-order valence-electron chi connectivity index (χ1n) is 5.19. The lowest BCUT2D eigenvalue weighted by Gasteiger charge is -2.36. The van der Waals surface area contributed by atoms with Gasteiger partial charge in [-0.1, -0.05) is 23.7 Å². The first-order chi connectivity index (χ1) is 7.07. The van der Waals surface area contributed by atoms with E-state index in [9.17, 15) is 0 Å². The molecule has 1 aliphatic rings. The van der Waals surface area contributed by atoms with Gasteiger partial charge in [-0.05, 0) is 31.5 Å². The van der Waals surface area contributed by atoms with Crippen molar-refractivity contribution in [3.63, 3.8) is 0 Å². The van der Waals surface area contributed by atoms with Gasteiger partial charge in [0.05, 0.1) is 12.7 Å². The molecule has 1 aromatic carbocycles. The van der Waals surface area contributed by atoms with E-state index in [2.05, 4.69) is 25.2 Å². The largest absolute Gasteiger partial charge is 0.370 e. The van der Waals surface area contributed by atoms with Crippen LogP contribution in [0.1, 0.15) is 25.5 Å². The highest BCUT2D eigenvalue weighted by molar-refractivity contribution is 6.30. The SMILES string of the molecule is CC1(C)CO[C@@H](c2cccc(Cl)c2)CN1. The Hall–Kier alpha value is -0.570. The van der Waals surface area contributed by atoms with Crippen molar-refractivity contribution in [3.8, 4) is 0 Å². The predicted octanol–water partition coefficient (Wildman–Crippen LogP) is 2.78. The molecular weight excluding hydrogens is 210 g/mol. The Labute approximate surface area is 95.6 Å². The molecule has 15 heavy (non-hydrogen) atoms. The maximum Gasteiger partial charge on any atom is 0.0950 e. The highest BCUT2D eigenvalue weighted by atomic mass is 35.5. The highest BCUT2D eigenvalue weighted by Crippen LogP contribution is 2.25. The summed E-state index contributed by atoms with van der Waals surface area (Å²) in [5.41, 5.74) is 1.22. The number of ether oxygens (including phenoxy) is 1. The van der Waals surface area contributed by atoms with Gasteiger partial charge in [-0.15, -0.1) is 0 Å². The Morgan fingerprint density at radius 2 is 2.27 bits per heavy atom. The van der Waals surface area contributed by atoms with E-state index in [1.165, 1.54) is 0 Å². The topological polar surface area (TPSA) is 21.3 Å². The molecule has 2 rings (SSSR count). The Balaban J connectivity index is 2.08. The molecule has 0 unspecified atom stereocenters. The maximum absolute atomic E-state index is 5.94. The summed E-state index contributed by atoms with van der Waals surface area (Å²) in [4.78, 5) is 0. The normalized spacial score (nSPS) is 25.1. The molecule has 1 saturated heterocycles. The van der Waals surface area contributed by atoms with Gasteiger partial charge in [0.25, 0.3) is 0 Å². The van der Waals surface area contributed by atoms with E-state index in [0.717, 1.165) is 23.7 Å². The Bertz CT molecular complexity index is 341. The van der Waals surface area contributed by atoms with Crippen molar-refractivity contribution in [3.05, 3.63) is 34.9 Å². The summed E-state index contributed by atoms with van der Waals surface area (Å²) < 4.78 is 5.81. The van der Waals surface area contributed by atoms with Gasteiger partial charge in [0.15, 0.2) is 0 Å². The lowest BCUT2D eigenvalue weighted by atomic mass is 10.0. The quantitative estimate of drug-likeness (QED) is 0.794. The van der Waals surface area contributed by atoms with Gasteiger partial charge in [-0.2, -0.15) is 0 Å². The van der Waals surface area contributed by atoms with Crippen molar-refractivity contribution < 1.29 is 4.74 Å². The minimum Gasteiger partial charge on any atom is -0.370 e.